The maximum absolute atomic E-state index is 7.51. The van der Waals surface area contributed by atoms with Crippen LogP contribution in [-0.2, 0) is 4.74 Å². The molecule has 0 saturated heterocycles. The normalized spacial score (nSPS) is 10.7. The molecule has 3 N–H and O–H groups in total. The Morgan fingerprint density at radius 2 is 2.06 bits per heavy atom. The summed E-state index contributed by atoms with van der Waals surface area (Å²) in [7, 11) is 0. The lowest BCUT2D eigenvalue weighted by atomic mass is 10.1. The van der Waals surface area contributed by atoms with Gasteiger partial charge in [0, 0.05) is 6.61 Å². The van der Waals surface area contributed by atoms with Gasteiger partial charge in [0.1, 0.15) is 18.2 Å². The van der Waals surface area contributed by atoms with Gasteiger partial charge in [-0.2, -0.15) is 0 Å². The lowest BCUT2D eigenvalue weighted by molar-refractivity contribution is 0.0816. The lowest BCUT2D eigenvalue weighted by Crippen LogP contribution is -2.16. The highest BCUT2D eigenvalue weighted by Crippen LogP contribution is 2.22. The Hall–Kier alpha value is -1.55. The molecule has 1 aromatic carbocycles. The van der Waals surface area contributed by atoms with Gasteiger partial charge in [0.05, 0.1) is 12.2 Å². The van der Waals surface area contributed by atoms with E-state index < -0.39 is 0 Å². The molecule has 0 heterocycles. The fourth-order valence-corrected chi connectivity index (χ4v) is 1.58. The fourth-order valence-electron chi connectivity index (χ4n) is 1.58. The van der Waals surface area contributed by atoms with Crippen LogP contribution in [0.4, 0.5) is 0 Å². The number of hydrogen-bond donors (Lipinski definition) is 2. The van der Waals surface area contributed by atoms with E-state index in [2.05, 4.69) is 13.8 Å². The molecule has 0 atom stereocenters. The average molecular weight is 250 g/mol. The molecule has 4 nitrogen and oxygen atoms in total. The van der Waals surface area contributed by atoms with E-state index in [0.29, 0.717) is 30.4 Å². The number of rotatable bonds is 7. The molecule has 0 aliphatic carbocycles. The first-order valence-electron chi connectivity index (χ1n) is 6.17. The quantitative estimate of drug-likeness (QED) is 0.443. The molecular weight excluding hydrogens is 228 g/mol. The van der Waals surface area contributed by atoms with Crippen molar-refractivity contribution in [2.75, 3.05) is 19.8 Å². The SMILES string of the molecule is Cc1cccc(C(=N)N)c1OCCOCC(C)C. The summed E-state index contributed by atoms with van der Waals surface area (Å²) in [6.07, 6.45) is 0. The van der Waals surface area contributed by atoms with Gasteiger partial charge < -0.3 is 15.2 Å². The number of nitrogens with one attached hydrogen (secondary N) is 1. The Morgan fingerprint density at radius 1 is 1.33 bits per heavy atom. The zero-order chi connectivity index (χ0) is 13.5. The van der Waals surface area contributed by atoms with Crippen LogP contribution >= 0.6 is 0 Å². The predicted molar refractivity (Wildman–Crippen MR) is 73.3 cm³/mol. The number of amidine groups is 1. The topological polar surface area (TPSA) is 68.3 Å². The van der Waals surface area contributed by atoms with Crippen LogP contribution < -0.4 is 10.5 Å². The van der Waals surface area contributed by atoms with Gasteiger partial charge in [-0.05, 0) is 24.5 Å². The van der Waals surface area contributed by atoms with Crippen LogP contribution in [0.25, 0.3) is 0 Å². The summed E-state index contributed by atoms with van der Waals surface area (Å²) < 4.78 is 11.1. The molecule has 0 aliphatic rings. The largest absolute Gasteiger partial charge is 0.490 e. The van der Waals surface area contributed by atoms with Crippen LogP contribution in [0.3, 0.4) is 0 Å². The van der Waals surface area contributed by atoms with E-state index in [0.717, 1.165) is 12.2 Å². The van der Waals surface area contributed by atoms with Gasteiger partial charge >= 0.3 is 0 Å². The van der Waals surface area contributed by atoms with Crippen LogP contribution in [0.15, 0.2) is 18.2 Å². The van der Waals surface area contributed by atoms with Crippen molar-refractivity contribution in [3.63, 3.8) is 0 Å². The molecule has 0 fully saturated rings. The molecule has 0 saturated carbocycles. The van der Waals surface area contributed by atoms with Gasteiger partial charge in [-0.15, -0.1) is 0 Å². The van der Waals surface area contributed by atoms with Crippen molar-refractivity contribution < 1.29 is 9.47 Å². The number of para-hydroxylation sites is 1. The van der Waals surface area contributed by atoms with Gasteiger partial charge in [0.2, 0.25) is 0 Å². The third-order valence-corrected chi connectivity index (χ3v) is 2.43. The summed E-state index contributed by atoms with van der Waals surface area (Å²) in [5.74, 6) is 1.23. The summed E-state index contributed by atoms with van der Waals surface area (Å²) in [5, 5.41) is 7.51. The zero-order valence-corrected chi connectivity index (χ0v) is 11.3. The van der Waals surface area contributed by atoms with Crippen molar-refractivity contribution in [3.05, 3.63) is 29.3 Å². The van der Waals surface area contributed by atoms with E-state index in [4.69, 9.17) is 20.6 Å². The molecule has 0 radical (unpaired) electrons. The first kappa shape index (κ1) is 14.5. The van der Waals surface area contributed by atoms with Crippen LogP contribution in [0.2, 0.25) is 0 Å². The molecule has 0 amide bonds. The molecule has 1 aromatic rings. The molecule has 0 spiro atoms. The first-order chi connectivity index (χ1) is 8.52. The number of aryl methyl sites for hydroxylation is 1. The Kier molecular flexibility index (Phi) is 5.65. The van der Waals surface area contributed by atoms with Crippen molar-refractivity contribution in [2.24, 2.45) is 11.7 Å². The Labute approximate surface area is 109 Å². The number of nitrogens with two attached hydrogens (primary N) is 1. The summed E-state index contributed by atoms with van der Waals surface area (Å²) in [4.78, 5) is 0. The molecular formula is C14H22N2O2. The molecule has 0 aromatic heterocycles. The zero-order valence-electron chi connectivity index (χ0n) is 11.3. The highest BCUT2D eigenvalue weighted by molar-refractivity contribution is 5.98. The Balaban J connectivity index is 2.53. The van der Waals surface area contributed by atoms with Gasteiger partial charge in [-0.25, -0.2) is 0 Å². The van der Waals surface area contributed by atoms with Gasteiger partial charge in [0.15, 0.2) is 0 Å². The summed E-state index contributed by atoms with van der Waals surface area (Å²) >= 11 is 0. The summed E-state index contributed by atoms with van der Waals surface area (Å²) in [5.41, 5.74) is 7.14. The van der Waals surface area contributed by atoms with Crippen LogP contribution in [0.5, 0.6) is 5.75 Å². The van der Waals surface area contributed by atoms with Gasteiger partial charge in [0.25, 0.3) is 0 Å². The minimum Gasteiger partial charge on any atom is -0.490 e. The molecule has 0 unspecified atom stereocenters. The molecule has 0 bridgehead atoms. The summed E-state index contributed by atoms with van der Waals surface area (Å²) in [6.45, 7) is 7.90. The van der Waals surface area contributed by atoms with E-state index in [1.54, 1.807) is 6.07 Å². The average Bonchev–Trinajstić information content (AvgIpc) is 2.29. The van der Waals surface area contributed by atoms with Gasteiger partial charge in [-0.1, -0.05) is 26.0 Å². The van der Waals surface area contributed by atoms with E-state index in [1.807, 2.05) is 19.1 Å². The highest BCUT2D eigenvalue weighted by Gasteiger charge is 2.09. The lowest BCUT2D eigenvalue weighted by Gasteiger charge is -2.13. The van der Waals surface area contributed by atoms with Crippen LogP contribution in [0, 0.1) is 18.3 Å². The second kappa shape index (κ2) is 7.01. The molecule has 100 valence electrons. The van der Waals surface area contributed by atoms with E-state index in [1.165, 1.54) is 0 Å². The van der Waals surface area contributed by atoms with Crippen molar-refractivity contribution in [2.45, 2.75) is 20.8 Å². The maximum Gasteiger partial charge on any atom is 0.133 e. The third kappa shape index (κ3) is 4.37. The molecule has 18 heavy (non-hydrogen) atoms. The second-order valence-electron chi connectivity index (χ2n) is 4.68. The minimum atomic E-state index is 0.0248. The molecule has 1 rings (SSSR count). The summed E-state index contributed by atoms with van der Waals surface area (Å²) in [6, 6.07) is 5.60. The third-order valence-electron chi connectivity index (χ3n) is 2.43. The van der Waals surface area contributed by atoms with Crippen molar-refractivity contribution in [1.29, 1.82) is 5.41 Å². The number of benzene rings is 1. The molecule has 0 aliphatic heterocycles. The smallest absolute Gasteiger partial charge is 0.133 e. The second-order valence-corrected chi connectivity index (χ2v) is 4.68. The fraction of sp³-hybridized carbons (Fsp3) is 0.500. The molecule has 4 heteroatoms. The van der Waals surface area contributed by atoms with Crippen molar-refractivity contribution in [1.82, 2.24) is 0 Å². The van der Waals surface area contributed by atoms with Crippen LogP contribution in [-0.4, -0.2) is 25.7 Å². The number of nitrogen functional groups attached to an aromatic ring is 1. The first-order valence-corrected chi connectivity index (χ1v) is 6.17. The number of hydrogen-bond acceptors (Lipinski definition) is 3. The predicted octanol–water partition coefficient (Wildman–Crippen LogP) is 2.33. The highest BCUT2D eigenvalue weighted by atomic mass is 16.5. The van der Waals surface area contributed by atoms with Crippen molar-refractivity contribution in [3.8, 4) is 5.75 Å². The Bertz CT molecular complexity index is 403. The minimum absolute atomic E-state index is 0.0248. The standard InChI is InChI=1S/C14H22N2O2/c1-10(2)9-17-7-8-18-13-11(3)5-4-6-12(13)14(15)16/h4-6,10H,7-9H2,1-3H3,(H3,15,16). The van der Waals surface area contributed by atoms with Crippen molar-refractivity contribution >= 4 is 5.84 Å². The van der Waals surface area contributed by atoms with E-state index >= 15 is 0 Å². The van der Waals surface area contributed by atoms with Gasteiger partial charge in [-0.3, -0.25) is 5.41 Å². The van der Waals surface area contributed by atoms with Crippen LogP contribution in [0.1, 0.15) is 25.0 Å². The van der Waals surface area contributed by atoms with E-state index in [-0.39, 0.29) is 5.84 Å². The maximum atomic E-state index is 7.51. The Morgan fingerprint density at radius 3 is 2.67 bits per heavy atom. The van der Waals surface area contributed by atoms with E-state index in [9.17, 15) is 0 Å². The monoisotopic (exact) mass is 250 g/mol. The number of ether oxygens (including phenoxy) is 2.